The van der Waals surface area contributed by atoms with Crippen molar-refractivity contribution in [2.45, 2.75) is 53.6 Å². The fourth-order valence-electron chi connectivity index (χ4n) is 4.11. The zero-order chi connectivity index (χ0) is 21.8. The van der Waals surface area contributed by atoms with Crippen molar-refractivity contribution < 1.29 is 4.79 Å². The summed E-state index contributed by atoms with van der Waals surface area (Å²) in [5, 5.41) is 9.79. The molecule has 1 aliphatic heterocycles. The summed E-state index contributed by atoms with van der Waals surface area (Å²) in [7, 11) is 0. The Morgan fingerprint density at radius 2 is 1.77 bits per heavy atom. The summed E-state index contributed by atoms with van der Waals surface area (Å²) in [5.74, 6) is -0.0679. The first kappa shape index (κ1) is 21.9. The number of carbonyl (C=O) groups excluding carboxylic acids is 1. The summed E-state index contributed by atoms with van der Waals surface area (Å²) in [5.41, 5.74) is 6.89. The van der Waals surface area contributed by atoms with Crippen LogP contribution in [0.4, 0.5) is 17.1 Å². The molecule has 1 heterocycles. The maximum absolute atomic E-state index is 12.4. The number of aryl methyl sites for hydroxylation is 2. The van der Waals surface area contributed by atoms with E-state index in [1.54, 1.807) is 6.20 Å². The standard InChI is InChI=1S/C25H34N4O/c1-16(2)29(17(3)4)13-12-26-22-11-10-20(14-19(22)6)27-15-21-24-18(5)8-7-9-23(24)28-25(21)30/h7-11,14-17,26-27H,12-13H2,1-6H3,(H,28,30)/b21-15+. The molecule has 5 nitrogen and oxygen atoms in total. The van der Waals surface area contributed by atoms with Gasteiger partial charge in [0.1, 0.15) is 0 Å². The van der Waals surface area contributed by atoms with Gasteiger partial charge in [0.25, 0.3) is 5.91 Å². The van der Waals surface area contributed by atoms with Crippen LogP contribution in [0.1, 0.15) is 44.4 Å². The Bertz CT molecular complexity index is 938. The van der Waals surface area contributed by atoms with Gasteiger partial charge in [0.2, 0.25) is 0 Å². The number of hydrogen-bond donors (Lipinski definition) is 3. The fourth-order valence-corrected chi connectivity index (χ4v) is 4.11. The molecule has 1 amide bonds. The second-order valence-corrected chi connectivity index (χ2v) is 8.54. The molecule has 0 atom stereocenters. The Labute approximate surface area is 180 Å². The molecule has 3 N–H and O–H groups in total. The zero-order valence-electron chi connectivity index (χ0n) is 19.0. The molecule has 30 heavy (non-hydrogen) atoms. The number of fused-ring (bicyclic) bond motifs is 1. The van der Waals surface area contributed by atoms with Gasteiger partial charge in [0.15, 0.2) is 0 Å². The Morgan fingerprint density at radius 1 is 1.03 bits per heavy atom. The van der Waals surface area contributed by atoms with Crippen LogP contribution in [0, 0.1) is 13.8 Å². The van der Waals surface area contributed by atoms with E-state index in [0.29, 0.717) is 17.7 Å². The Hall–Kier alpha value is -2.79. The van der Waals surface area contributed by atoms with Crippen molar-refractivity contribution in [1.82, 2.24) is 4.90 Å². The average molecular weight is 407 g/mol. The summed E-state index contributed by atoms with van der Waals surface area (Å²) in [6.07, 6.45) is 1.80. The molecule has 2 aromatic carbocycles. The van der Waals surface area contributed by atoms with E-state index >= 15 is 0 Å². The minimum absolute atomic E-state index is 0.0679. The largest absolute Gasteiger partial charge is 0.384 e. The Balaban J connectivity index is 1.65. The van der Waals surface area contributed by atoms with E-state index in [4.69, 9.17) is 0 Å². The van der Waals surface area contributed by atoms with E-state index in [1.165, 1.54) is 5.56 Å². The van der Waals surface area contributed by atoms with E-state index in [9.17, 15) is 4.79 Å². The lowest BCUT2D eigenvalue weighted by molar-refractivity contribution is -0.110. The maximum atomic E-state index is 12.4. The molecule has 160 valence electrons. The molecule has 1 aliphatic rings. The van der Waals surface area contributed by atoms with Gasteiger partial charge >= 0.3 is 0 Å². The molecule has 0 radical (unpaired) electrons. The number of benzene rings is 2. The molecule has 0 saturated carbocycles. The van der Waals surface area contributed by atoms with E-state index in [2.05, 4.69) is 67.6 Å². The molecule has 3 rings (SSSR count). The number of hydrogen-bond acceptors (Lipinski definition) is 4. The number of nitrogens with zero attached hydrogens (tertiary/aromatic N) is 1. The van der Waals surface area contributed by atoms with Crippen LogP contribution in [0.5, 0.6) is 0 Å². The lowest BCUT2D eigenvalue weighted by atomic mass is 10.0. The molecule has 0 aliphatic carbocycles. The predicted octanol–water partition coefficient (Wildman–Crippen LogP) is 5.24. The number of anilines is 3. The van der Waals surface area contributed by atoms with Crippen LogP contribution in [0.3, 0.4) is 0 Å². The van der Waals surface area contributed by atoms with Gasteiger partial charge in [0.05, 0.1) is 5.57 Å². The number of amides is 1. The highest BCUT2D eigenvalue weighted by atomic mass is 16.2. The molecular weight excluding hydrogens is 372 g/mol. The van der Waals surface area contributed by atoms with Crippen LogP contribution in [0.15, 0.2) is 42.6 Å². The summed E-state index contributed by atoms with van der Waals surface area (Å²) < 4.78 is 0. The third-order valence-corrected chi connectivity index (χ3v) is 5.66. The van der Waals surface area contributed by atoms with Crippen LogP contribution in [-0.4, -0.2) is 36.0 Å². The summed E-state index contributed by atoms with van der Waals surface area (Å²) in [6.45, 7) is 15.0. The maximum Gasteiger partial charge on any atom is 0.257 e. The van der Waals surface area contributed by atoms with Crippen LogP contribution >= 0.6 is 0 Å². The lowest BCUT2D eigenvalue weighted by Gasteiger charge is -2.30. The summed E-state index contributed by atoms with van der Waals surface area (Å²) in [6, 6.07) is 13.2. The average Bonchev–Trinajstić information content (AvgIpc) is 3.00. The van der Waals surface area contributed by atoms with Gasteiger partial charge in [-0.2, -0.15) is 0 Å². The van der Waals surface area contributed by atoms with Crippen LogP contribution < -0.4 is 16.0 Å². The monoisotopic (exact) mass is 406 g/mol. The van der Waals surface area contributed by atoms with Crippen molar-refractivity contribution in [2.75, 3.05) is 29.0 Å². The molecule has 0 unspecified atom stereocenters. The van der Waals surface area contributed by atoms with Gasteiger partial charge in [-0.3, -0.25) is 9.69 Å². The normalized spacial score (nSPS) is 14.6. The van der Waals surface area contributed by atoms with E-state index in [1.807, 2.05) is 31.2 Å². The first-order chi connectivity index (χ1) is 14.3. The van der Waals surface area contributed by atoms with Gasteiger partial charge in [-0.1, -0.05) is 12.1 Å². The van der Waals surface area contributed by atoms with E-state index in [0.717, 1.165) is 41.3 Å². The molecule has 2 aromatic rings. The molecule has 0 bridgehead atoms. The topological polar surface area (TPSA) is 56.4 Å². The Morgan fingerprint density at radius 3 is 2.43 bits per heavy atom. The van der Waals surface area contributed by atoms with Crippen molar-refractivity contribution >= 4 is 28.5 Å². The second kappa shape index (κ2) is 9.35. The third kappa shape index (κ3) is 4.85. The molecular formula is C25H34N4O. The summed E-state index contributed by atoms with van der Waals surface area (Å²) in [4.78, 5) is 14.8. The molecule has 0 fully saturated rings. The van der Waals surface area contributed by atoms with Gasteiger partial charge in [0, 0.05) is 54.0 Å². The molecule has 0 aromatic heterocycles. The van der Waals surface area contributed by atoms with Gasteiger partial charge in [-0.25, -0.2) is 0 Å². The molecule has 0 spiro atoms. The smallest absolute Gasteiger partial charge is 0.257 e. The van der Waals surface area contributed by atoms with Crippen molar-refractivity contribution in [1.29, 1.82) is 0 Å². The predicted molar refractivity (Wildman–Crippen MR) is 128 cm³/mol. The number of nitrogens with one attached hydrogen (secondary N) is 3. The van der Waals surface area contributed by atoms with Gasteiger partial charge in [-0.15, -0.1) is 0 Å². The minimum Gasteiger partial charge on any atom is -0.384 e. The van der Waals surface area contributed by atoms with Crippen LogP contribution in [-0.2, 0) is 4.79 Å². The number of carbonyl (C=O) groups is 1. The van der Waals surface area contributed by atoms with E-state index in [-0.39, 0.29) is 5.91 Å². The summed E-state index contributed by atoms with van der Waals surface area (Å²) >= 11 is 0. The van der Waals surface area contributed by atoms with Gasteiger partial charge in [-0.05, 0) is 76.9 Å². The van der Waals surface area contributed by atoms with Crippen molar-refractivity contribution in [2.24, 2.45) is 0 Å². The first-order valence-electron chi connectivity index (χ1n) is 10.8. The van der Waals surface area contributed by atoms with Crippen LogP contribution in [0.25, 0.3) is 5.57 Å². The number of rotatable bonds is 8. The van der Waals surface area contributed by atoms with Crippen LogP contribution in [0.2, 0.25) is 0 Å². The fraction of sp³-hybridized carbons (Fsp3) is 0.400. The highest BCUT2D eigenvalue weighted by Crippen LogP contribution is 2.34. The first-order valence-corrected chi connectivity index (χ1v) is 10.8. The third-order valence-electron chi connectivity index (χ3n) is 5.66. The van der Waals surface area contributed by atoms with E-state index < -0.39 is 0 Å². The quantitative estimate of drug-likeness (QED) is 0.525. The second-order valence-electron chi connectivity index (χ2n) is 8.54. The van der Waals surface area contributed by atoms with Crippen molar-refractivity contribution in [3.63, 3.8) is 0 Å². The highest BCUT2D eigenvalue weighted by Gasteiger charge is 2.25. The van der Waals surface area contributed by atoms with Gasteiger partial charge < -0.3 is 16.0 Å². The molecule has 0 saturated heterocycles. The van der Waals surface area contributed by atoms with Crippen molar-refractivity contribution in [3.05, 3.63) is 59.3 Å². The SMILES string of the molecule is Cc1cc(N/C=C2/C(=O)Nc3cccc(C)c32)ccc1NCCN(C(C)C)C(C)C. The van der Waals surface area contributed by atoms with Crippen molar-refractivity contribution in [3.8, 4) is 0 Å². The minimum atomic E-state index is -0.0679. The zero-order valence-corrected chi connectivity index (χ0v) is 19.0. The Kier molecular flexibility index (Phi) is 6.83. The highest BCUT2D eigenvalue weighted by molar-refractivity contribution is 6.32. The molecule has 5 heteroatoms. The lowest BCUT2D eigenvalue weighted by Crippen LogP contribution is -2.40.